The minimum absolute atomic E-state index is 0.0553. The molecule has 0 saturated carbocycles. The van der Waals surface area contributed by atoms with E-state index in [0.717, 1.165) is 24.3 Å². The number of hydrogen-bond acceptors (Lipinski definition) is 8. The zero-order valence-corrected chi connectivity index (χ0v) is 11.0. The summed E-state index contributed by atoms with van der Waals surface area (Å²) in [7, 11) is 0. The molecule has 0 aliphatic heterocycles. The molecule has 0 aliphatic rings. The van der Waals surface area contributed by atoms with Crippen LogP contribution >= 0.6 is 0 Å². The fraction of sp³-hybridized carbons (Fsp3) is 0. The van der Waals surface area contributed by atoms with Crippen molar-refractivity contribution in [3.8, 4) is 34.5 Å². The van der Waals surface area contributed by atoms with Crippen molar-refractivity contribution in [1.29, 1.82) is 0 Å². The fourth-order valence-corrected chi connectivity index (χ4v) is 1.41. The molecule has 8 nitrogen and oxygen atoms in total. The standard InChI is InChI=1S/2C7H6O4/c8-3-4-1-6(10)7(11)2-5(4)9;8-3-5-6(10)1-4(9)2-7(5)11/h2*1-3,9-11H. The van der Waals surface area contributed by atoms with E-state index in [2.05, 4.69) is 0 Å². The Bertz CT molecular complexity index is 685. The van der Waals surface area contributed by atoms with Crippen molar-refractivity contribution in [3.63, 3.8) is 0 Å². The number of benzene rings is 2. The molecular formula is C14H12O8. The lowest BCUT2D eigenvalue weighted by atomic mass is 10.2. The maximum absolute atomic E-state index is 10.2. The van der Waals surface area contributed by atoms with E-state index in [-0.39, 0.29) is 22.6 Å². The number of rotatable bonds is 2. The molecule has 0 unspecified atom stereocenters. The van der Waals surface area contributed by atoms with Crippen LogP contribution in [0.2, 0.25) is 0 Å². The van der Waals surface area contributed by atoms with Gasteiger partial charge in [0.25, 0.3) is 0 Å². The lowest BCUT2D eigenvalue weighted by Crippen LogP contribution is -1.81. The van der Waals surface area contributed by atoms with Crippen molar-refractivity contribution in [2.75, 3.05) is 0 Å². The Morgan fingerprint density at radius 1 is 0.591 bits per heavy atom. The maximum atomic E-state index is 10.2. The van der Waals surface area contributed by atoms with Gasteiger partial charge >= 0.3 is 0 Å². The molecule has 0 spiro atoms. The zero-order chi connectivity index (χ0) is 16.9. The minimum atomic E-state index is -0.451. The van der Waals surface area contributed by atoms with Crippen LogP contribution < -0.4 is 0 Å². The third-order valence-electron chi connectivity index (χ3n) is 2.49. The molecule has 2 aromatic rings. The molecule has 8 heteroatoms. The van der Waals surface area contributed by atoms with Crippen LogP contribution in [0.25, 0.3) is 0 Å². The third kappa shape index (κ3) is 3.79. The van der Waals surface area contributed by atoms with Gasteiger partial charge in [-0.3, -0.25) is 9.59 Å². The summed E-state index contributed by atoms with van der Waals surface area (Å²) in [6.45, 7) is 0. The molecule has 2 aromatic carbocycles. The number of phenols is 6. The normalized spacial score (nSPS) is 9.45. The largest absolute Gasteiger partial charge is 0.508 e. The second-order valence-electron chi connectivity index (χ2n) is 4.03. The highest BCUT2D eigenvalue weighted by molar-refractivity contribution is 5.83. The quantitative estimate of drug-likeness (QED) is 0.275. The summed E-state index contributed by atoms with van der Waals surface area (Å²) >= 11 is 0. The average molecular weight is 308 g/mol. The fourth-order valence-electron chi connectivity index (χ4n) is 1.41. The van der Waals surface area contributed by atoms with Crippen molar-refractivity contribution in [2.45, 2.75) is 0 Å². The van der Waals surface area contributed by atoms with Gasteiger partial charge in [0.15, 0.2) is 24.1 Å². The van der Waals surface area contributed by atoms with Crippen LogP contribution in [0.1, 0.15) is 20.7 Å². The summed E-state index contributed by atoms with van der Waals surface area (Å²) < 4.78 is 0. The van der Waals surface area contributed by atoms with Crippen LogP contribution in [0.4, 0.5) is 0 Å². The zero-order valence-electron chi connectivity index (χ0n) is 11.0. The molecule has 0 amide bonds. The smallest absolute Gasteiger partial charge is 0.161 e. The second kappa shape index (κ2) is 6.84. The van der Waals surface area contributed by atoms with Gasteiger partial charge in [-0.25, -0.2) is 0 Å². The topological polar surface area (TPSA) is 156 Å². The van der Waals surface area contributed by atoms with Gasteiger partial charge in [0, 0.05) is 18.2 Å². The number of aldehydes is 2. The molecule has 0 fully saturated rings. The Hall–Kier alpha value is -3.42. The van der Waals surface area contributed by atoms with E-state index in [1.54, 1.807) is 0 Å². The Kier molecular flexibility index (Phi) is 5.17. The molecule has 6 N–H and O–H groups in total. The SMILES string of the molecule is O=Cc1c(O)cc(O)cc1O.O=Cc1cc(O)c(O)cc1O. The molecule has 0 aliphatic carbocycles. The van der Waals surface area contributed by atoms with E-state index in [0.29, 0.717) is 12.6 Å². The number of carbonyl (C=O) groups is 2. The van der Waals surface area contributed by atoms with Gasteiger partial charge in [-0.1, -0.05) is 0 Å². The lowest BCUT2D eigenvalue weighted by Gasteiger charge is -2.00. The maximum Gasteiger partial charge on any atom is 0.161 e. The first-order valence-corrected chi connectivity index (χ1v) is 5.70. The monoisotopic (exact) mass is 308 g/mol. The molecule has 116 valence electrons. The lowest BCUT2D eigenvalue weighted by molar-refractivity contribution is 0.111. The summed E-state index contributed by atoms with van der Waals surface area (Å²) in [6.07, 6.45) is 0.693. The number of hydrogen-bond donors (Lipinski definition) is 6. The Morgan fingerprint density at radius 3 is 1.55 bits per heavy atom. The second-order valence-corrected chi connectivity index (χ2v) is 4.03. The van der Waals surface area contributed by atoms with E-state index >= 15 is 0 Å². The highest BCUT2D eigenvalue weighted by Gasteiger charge is 2.07. The molecule has 2 rings (SSSR count). The predicted octanol–water partition coefficient (Wildman–Crippen LogP) is 1.23. The van der Waals surface area contributed by atoms with E-state index in [1.807, 2.05) is 0 Å². The van der Waals surface area contributed by atoms with Crippen molar-refractivity contribution < 1.29 is 40.2 Å². The molecule has 0 atom stereocenters. The van der Waals surface area contributed by atoms with Crippen molar-refractivity contribution >= 4 is 12.6 Å². The Balaban J connectivity index is 0.000000220. The molecular weight excluding hydrogens is 296 g/mol. The van der Waals surface area contributed by atoms with Crippen LogP contribution in [0.15, 0.2) is 24.3 Å². The van der Waals surface area contributed by atoms with Gasteiger partial charge in [-0.05, 0) is 6.07 Å². The highest BCUT2D eigenvalue weighted by Crippen LogP contribution is 2.31. The van der Waals surface area contributed by atoms with Crippen LogP contribution in [0.3, 0.4) is 0 Å². The van der Waals surface area contributed by atoms with Gasteiger partial charge in [0.1, 0.15) is 23.0 Å². The van der Waals surface area contributed by atoms with Crippen molar-refractivity contribution in [2.24, 2.45) is 0 Å². The van der Waals surface area contributed by atoms with Crippen LogP contribution in [-0.4, -0.2) is 43.2 Å². The summed E-state index contributed by atoms with van der Waals surface area (Å²) in [5.74, 6) is -2.38. The molecule has 0 radical (unpaired) electrons. The van der Waals surface area contributed by atoms with E-state index < -0.39 is 23.0 Å². The van der Waals surface area contributed by atoms with E-state index in [1.165, 1.54) is 0 Å². The first-order valence-electron chi connectivity index (χ1n) is 5.70. The van der Waals surface area contributed by atoms with Gasteiger partial charge in [0.05, 0.1) is 11.1 Å². The molecule has 0 bridgehead atoms. The highest BCUT2D eigenvalue weighted by atomic mass is 16.3. The summed E-state index contributed by atoms with van der Waals surface area (Å²) in [6, 6.07) is 3.84. The van der Waals surface area contributed by atoms with Gasteiger partial charge in [-0.15, -0.1) is 0 Å². The van der Waals surface area contributed by atoms with Crippen molar-refractivity contribution in [1.82, 2.24) is 0 Å². The van der Waals surface area contributed by atoms with Crippen LogP contribution in [-0.2, 0) is 0 Å². The first-order chi connectivity index (χ1) is 10.3. The Labute approximate surface area is 123 Å². The minimum Gasteiger partial charge on any atom is -0.508 e. The van der Waals surface area contributed by atoms with Crippen LogP contribution in [0.5, 0.6) is 34.5 Å². The number of phenolic OH excluding ortho intramolecular Hbond substituents is 6. The summed E-state index contributed by atoms with van der Waals surface area (Å²) in [5.41, 5.74) is -0.275. The summed E-state index contributed by atoms with van der Waals surface area (Å²) in [5, 5.41) is 53.2. The van der Waals surface area contributed by atoms with Gasteiger partial charge < -0.3 is 30.6 Å². The predicted molar refractivity (Wildman–Crippen MR) is 73.6 cm³/mol. The van der Waals surface area contributed by atoms with E-state index in [4.69, 9.17) is 30.6 Å². The molecule has 0 heterocycles. The number of carbonyl (C=O) groups excluding carboxylic acids is 2. The molecule has 0 saturated heterocycles. The van der Waals surface area contributed by atoms with Gasteiger partial charge in [0.2, 0.25) is 0 Å². The number of aromatic hydroxyl groups is 6. The first kappa shape index (κ1) is 16.6. The molecule has 0 aromatic heterocycles. The summed E-state index contributed by atoms with van der Waals surface area (Å²) in [4.78, 5) is 20.3. The molecule has 22 heavy (non-hydrogen) atoms. The average Bonchev–Trinajstić information content (AvgIpc) is 2.43. The van der Waals surface area contributed by atoms with Gasteiger partial charge in [-0.2, -0.15) is 0 Å². The van der Waals surface area contributed by atoms with E-state index in [9.17, 15) is 9.59 Å². The van der Waals surface area contributed by atoms with Crippen LogP contribution in [0, 0.1) is 0 Å². The third-order valence-corrected chi connectivity index (χ3v) is 2.49. The van der Waals surface area contributed by atoms with Crippen molar-refractivity contribution in [3.05, 3.63) is 35.4 Å². The Morgan fingerprint density at radius 2 is 1.09 bits per heavy atom.